The highest BCUT2D eigenvalue weighted by Gasteiger charge is 2.61. The van der Waals surface area contributed by atoms with Gasteiger partial charge >= 0.3 is 0 Å². The van der Waals surface area contributed by atoms with Crippen molar-refractivity contribution in [2.75, 3.05) is 0 Å². The summed E-state index contributed by atoms with van der Waals surface area (Å²) >= 11 is 0. The highest BCUT2D eigenvalue weighted by atomic mass is 16.3. The fraction of sp³-hybridized carbons (Fsp3) is 0.947. The van der Waals surface area contributed by atoms with Gasteiger partial charge in [-0.25, -0.2) is 0 Å². The fourth-order valence-corrected chi connectivity index (χ4v) is 14.0. The Morgan fingerprint density at radius 1 is 0.500 bits per heavy atom. The largest absolute Gasteiger partial charge is 0.393 e. The Balaban J connectivity index is 0.000000137. The molecule has 4 nitrogen and oxygen atoms in total. The van der Waals surface area contributed by atoms with Crippen LogP contribution < -0.4 is 0 Å². The summed E-state index contributed by atoms with van der Waals surface area (Å²) in [5, 5.41) is 20.1. The Bertz CT molecular complexity index is 1000. The summed E-state index contributed by atoms with van der Waals surface area (Å²) in [4.78, 5) is 24.8. The van der Waals surface area contributed by atoms with Crippen molar-refractivity contribution >= 4 is 11.6 Å². The highest BCUT2D eigenvalue weighted by molar-refractivity contribution is 5.87. The lowest BCUT2D eigenvalue weighted by atomic mass is 9.45. The first-order chi connectivity index (χ1) is 19.9. The van der Waals surface area contributed by atoms with Gasteiger partial charge < -0.3 is 10.2 Å². The monoisotopic (exact) mass is 580 g/mol. The first-order valence-corrected chi connectivity index (χ1v) is 18.3. The van der Waals surface area contributed by atoms with Crippen molar-refractivity contribution in [3.63, 3.8) is 0 Å². The van der Waals surface area contributed by atoms with E-state index in [0.717, 1.165) is 99.7 Å². The molecule has 42 heavy (non-hydrogen) atoms. The molecule has 0 bridgehead atoms. The molecule has 0 aliphatic heterocycles. The van der Waals surface area contributed by atoms with Crippen LogP contribution in [-0.4, -0.2) is 34.0 Å². The minimum absolute atomic E-state index is 0.0124. The van der Waals surface area contributed by atoms with E-state index in [1.54, 1.807) is 0 Å². The molecule has 8 fully saturated rings. The molecule has 8 saturated carbocycles. The molecule has 4 heteroatoms. The van der Waals surface area contributed by atoms with E-state index < -0.39 is 0 Å². The third-order valence-corrected chi connectivity index (χ3v) is 16.7. The van der Waals surface area contributed by atoms with Crippen molar-refractivity contribution in [1.29, 1.82) is 0 Å². The number of Topliss-reactive ketones (excluding diaryl/α,β-unsaturated/α-hetero) is 2. The van der Waals surface area contributed by atoms with Gasteiger partial charge in [-0.2, -0.15) is 0 Å². The lowest BCUT2D eigenvalue weighted by Crippen LogP contribution is -2.54. The van der Waals surface area contributed by atoms with Crippen molar-refractivity contribution in [3.05, 3.63) is 0 Å². The van der Waals surface area contributed by atoms with E-state index >= 15 is 0 Å². The van der Waals surface area contributed by atoms with Crippen molar-refractivity contribution in [2.45, 2.75) is 155 Å². The van der Waals surface area contributed by atoms with Gasteiger partial charge in [-0.05, 0) is 161 Å². The number of rotatable bonds is 0. The average Bonchev–Trinajstić information content (AvgIpc) is 3.44. The number of carbonyl (C=O) groups excluding carboxylic acids is 2. The Hall–Kier alpha value is -0.740. The van der Waals surface area contributed by atoms with Gasteiger partial charge in [-0.1, -0.05) is 27.7 Å². The van der Waals surface area contributed by atoms with Crippen LogP contribution in [0.25, 0.3) is 0 Å². The van der Waals surface area contributed by atoms with Crippen LogP contribution in [-0.2, 0) is 9.59 Å². The van der Waals surface area contributed by atoms with Crippen LogP contribution in [0.2, 0.25) is 0 Å². The molecule has 0 saturated heterocycles. The van der Waals surface area contributed by atoms with E-state index in [4.69, 9.17) is 0 Å². The normalized spacial score (nSPS) is 56.5. The lowest BCUT2D eigenvalue weighted by molar-refractivity contribution is -0.142. The Kier molecular flexibility index (Phi) is 7.41. The molecule has 0 spiro atoms. The van der Waals surface area contributed by atoms with Gasteiger partial charge in [0.1, 0.15) is 11.6 Å². The first kappa shape index (κ1) is 29.9. The zero-order valence-electron chi connectivity index (χ0n) is 27.2. The van der Waals surface area contributed by atoms with Crippen LogP contribution in [0.5, 0.6) is 0 Å². The predicted octanol–water partition coefficient (Wildman–Crippen LogP) is 7.92. The maximum Gasteiger partial charge on any atom is 0.139 e. The number of hydrogen-bond acceptors (Lipinski definition) is 4. The van der Waals surface area contributed by atoms with Gasteiger partial charge in [0, 0.05) is 23.7 Å². The van der Waals surface area contributed by atoms with Gasteiger partial charge in [0.25, 0.3) is 0 Å². The third-order valence-electron chi connectivity index (χ3n) is 16.7. The number of aliphatic hydroxyl groups is 2. The summed E-state index contributed by atoms with van der Waals surface area (Å²) in [6.07, 6.45) is 20.3. The van der Waals surface area contributed by atoms with Crippen molar-refractivity contribution in [2.24, 2.45) is 69.0 Å². The molecule has 8 aliphatic carbocycles. The molecular weight excluding hydrogens is 520 g/mol. The molecular formula is C38H60O4. The maximum atomic E-state index is 12.4. The highest BCUT2D eigenvalue weighted by Crippen LogP contribution is 2.67. The van der Waals surface area contributed by atoms with Gasteiger partial charge in [0.15, 0.2) is 0 Å². The SMILES string of the molecule is C[C@]12CC[C@@H](O)C[C@@H]1CC[C@@H]1[C@@H]2CC[C@]2(C)C(=O)CC[C@@H]12.C[C@]12CC[C@@H](O)C[C@H]1CC[C@@H]1[C@@H]2CC[C@]2(C)C(=O)CC[C@@H]12. The van der Waals surface area contributed by atoms with Crippen LogP contribution in [0, 0.1) is 69.0 Å². The Morgan fingerprint density at radius 2 is 0.905 bits per heavy atom. The quantitative estimate of drug-likeness (QED) is 0.305. The minimum Gasteiger partial charge on any atom is -0.393 e. The van der Waals surface area contributed by atoms with Crippen LogP contribution in [0.4, 0.5) is 0 Å². The summed E-state index contributed by atoms with van der Waals surface area (Å²) < 4.78 is 0. The maximum absolute atomic E-state index is 12.4. The smallest absolute Gasteiger partial charge is 0.139 e. The number of aliphatic hydroxyl groups excluding tert-OH is 2. The van der Waals surface area contributed by atoms with Gasteiger partial charge in [-0.3, -0.25) is 9.59 Å². The molecule has 0 heterocycles. The second kappa shape index (κ2) is 10.4. The number of ketones is 2. The topological polar surface area (TPSA) is 74.6 Å². The Labute approximate surface area is 255 Å². The molecule has 8 rings (SSSR count). The van der Waals surface area contributed by atoms with Gasteiger partial charge in [-0.15, -0.1) is 0 Å². The molecule has 0 radical (unpaired) electrons. The predicted molar refractivity (Wildman–Crippen MR) is 165 cm³/mol. The summed E-state index contributed by atoms with van der Waals surface area (Å²) in [5.41, 5.74) is 0.904. The molecule has 0 unspecified atom stereocenters. The second-order valence-electron chi connectivity index (χ2n) is 18.0. The fourth-order valence-electron chi connectivity index (χ4n) is 14.0. The molecule has 8 aliphatic rings. The van der Waals surface area contributed by atoms with Crippen LogP contribution in [0.15, 0.2) is 0 Å². The molecule has 0 aromatic rings. The third kappa shape index (κ3) is 4.33. The van der Waals surface area contributed by atoms with E-state index in [2.05, 4.69) is 27.7 Å². The summed E-state index contributed by atoms with van der Waals surface area (Å²) in [6, 6.07) is 0. The molecule has 236 valence electrons. The van der Waals surface area contributed by atoms with Crippen molar-refractivity contribution in [3.8, 4) is 0 Å². The first-order valence-electron chi connectivity index (χ1n) is 18.3. The standard InChI is InChI=1S/2C19H30O2/c2*1-18-9-7-13(20)11-12(18)3-4-14-15-5-6-17(21)19(15,2)10-8-16(14)18/h2*12-16,20H,3-11H2,1-2H3/t12-,13+,14-,15-,16-,18-,19-;12-,13-,14+,15+,16+,18+,19+/m01/s1. The summed E-state index contributed by atoms with van der Waals surface area (Å²) in [5.74, 6) is 7.07. The molecule has 0 amide bonds. The summed E-state index contributed by atoms with van der Waals surface area (Å²) in [7, 11) is 0. The minimum atomic E-state index is -0.0541. The Morgan fingerprint density at radius 3 is 1.31 bits per heavy atom. The molecule has 2 N–H and O–H groups in total. The number of carbonyl (C=O) groups is 2. The van der Waals surface area contributed by atoms with Crippen molar-refractivity contribution < 1.29 is 19.8 Å². The summed E-state index contributed by atoms with van der Waals surface area (Å²) in [6.45, 7) is 9.56. The zero-order chi connectivity index (χ0) is 29.7. The van der Waals surface area contributed by atoms with E-state index in [1.165, 1.54) is 51.4 Å². The van der Waals surface area contributed by atoms with E-state index in [-0.39, 0.29) is 23.0 Å². The number of hydrogen-bond donors (Lipinski definition) is 2. The van der Waals surface area contributed by atoms with Crippen LogP contribution in [0.1, 0.15) is 143 Å². The lowest BCUT2D eigenvalue weighted by Gasteiger charge is -2.60. The number of fused-ring (bicyclic) bond motifs is 10. The molecule has 14 atom stereocenters. The van der Waals surface area contributed by atoms with E-state index in [9.17, 15) is 19.8 Å². The van der Waals surface area contributed by atoms with Crippen LogP contribution >= 0.6 is 0 Å². The van der Waals surface area contributed by atoms with E-state index in [0.29, 0.717) is 34.2 Å². The molecule has 0 aromatic heterocycles. The average molecular weight is 581 g/mol. The second-order valence-corrected chi connectivity index (χ2v) is 18.0. The van der Waals surface area contributed by atoms with Gasteiger partial charge in [0.2, 0.25) is 0 Å². The zero-order valence-corrected chi connectivity index (χ0v) is 27.2. The van der Waals surface area contributed by atoms with Crippen molar-refractivity contribution in [1.82, 2.24) is 0 Å². The van der Waals surface area contributed by atoms with Crippen LogP contribution in [0.3, 0.4) is 0 Å². The van der Waals surface area contributed by atoms with E-state index in [1.807, 2.05) is 0 Å². The molecule has 0 aromatic carbocycles. The van der Waals surface area contributed by atoms with Gasteiger partial charge in [0.05, 0.1) is 12.2 Å².